The van der Waals surface area contributed by atoms with Crippen LogP contribution in [-0.4, -0.2) is 11.1 Å². The van der Waals surface area contributed by atoms with Crippen LogP contribution in [0.5, 0.6) is 0 Å². The molecular formula is C10H14N2O2. The summed E-state index contributed by atoms with van der Waals surface area (Å²) in [5.41, 5.74) is 11.2. The van der Waals surface area contributed by atoms with Gasteiger partial charge in [-0.3, -0.25) is 0 Å². The molecule has 0 spiro atoms. The maximum atomic E-state index is 10.8. The van der Waals surface area contributed by atoms with Crippen molar-refractivity contribution in [3.8, 4) is 0 Å². The fourth-order valence-corrected chi connectivity index (χ4v) is 1.11. The minimum atomic E-state index is -1.34. The third-order valence-electron chi connectivity index (χ3n) is 2.23. The predicted octanol–water partition coefficient (Wildman–Crippen LogP) is 0.404. The molecule has 0 fully saturated rings. The number of rotatable bonds is 3. The van der Waals surface area contributed by atoms with E-state index in [1.165, 1.54) is 6.92 Å². The first-order chi connectivity index (χ1) is 6.48. The largest absolute Gasteiger partial charge is 0.480 e. The Labute approximate surface area is 82.5 Å². The summed E-state index contributed by atoms with van der Waals surface area (Å²) in [6.07, 6.45) is 0. The maximum absolute atomic E-state index is 10.8. The standard InChI is InChI=1S/C10H14N2O2/c1-10(12,9(13)14)8-4-2-7(6-11)3-5-8/h2-5H,6,11-12H2,1H3,(H,13,14). The molecule has 76 valence electrons. The normalized spacial score (nSPS) is 14.8. The lowest BCUT2D eigenvalue weighted by Crippen LogP contribution is -2.41. The summed E-state index contributed by atoms with van der Waals surface area (Å²) >= 11 is 0. The van der Waals surface area contributed by atoms with Crippen molar-refractivity contribution in [3.05, 3.63) is 35.4 Å². The van der Waals surface area contributed by atoms with E-state index in [2.05, 4.69) is 0 Å². The van der Waals surface area contributed by atoms with E-state index >= 15 is 0 Å². The summed E-state index contributed by atoms with van der Waals surface area (Å²) in [6, 6.07) is 6.94. The van der Waals surface area contributed by atoms with Gasteiger partial charge in [-0.15, -0.1) is 0 Å². The summed E-state index contributed by atoms with van der Waals surface area (Å²) < 4.78 is 0. The van der Waals surface area contributed by atoms with Crippen LogP contribution in [-0.2, 0) is 16.9 Å². The minimum Gasteiger partial charge on any atom is -0.480 e. The van der Waals surface area contributed by atoms with Crippen molar-refractivity contribution in [2.24, 2.45) is 11.5 Å². The highest BCUT2D eigenvalue weighted by Crippen LogP contribution is 2.18. The van der Waals surface area contributed by atoms with Gasteiger partial charge in [-0.2, -0.15) is 0 Å². The van der Waals surface area contributed by atoms with Gasteiger partial charge in [0.15, 0.2) is 0 Å². The van der Waals surface area contributed by atoms with Crippen LogP contribution in [0.15, 0.2) is 24.3 Å². The van der Waals surface area contributed by atoms with Gasteiger partial charge in [-0.05, 0) is 18.1 Å². The molecule has 0 aliphatic heterocycles. The van der Waals surface area contributed by atoms with Crippen LogP contribution in [0.3, 0.4) is 0 Å². The second kappa shape index (κ2) is 3.77. The van der Waals surface area contributed by atoms with E-state index in [0.29, 0.717) is 12.1 Å². The highest BCUT2D eigenvalue weighted by molar-refractivity contribution is 5.79. The van der Waals surface area contributed by atoms with Crippen molar-refractivity contribution in [1.82, 2.24) is 0 Å². The molecule has 0 aliphatic carbocycles. The topological polar surface area (TPSA) is 89.3 Å². The van der Waals surface area contributed by atoms with Gasteiger partial charge in [0, 0.05) is 6.54 Å². The zero-order chi connectivity index (χ0) is 10.8. The third-order valence-corrected chi connectivity index (χ3v) is 2.23. The molecule has 0 aromatic heterocycles. The Bertz CT molecular complexity index is 330. The third kappa shape index (κ3) is 1.92. The fourth-order valence-electron chi connectivity index (χ4n) is 1.11. The molecule has 0 saturated heterocycles. The lowest BCUT2D eigenvalue weighted by Gasteiger charge is -2.19. The van der Waals surface area contributed by atoms with Gasteiger partial charge in [0.2, 0.25) is 0 Å². The molecule has 0 aliphatic rings. The van der Waals surface area contributed by atoms with Crippen LogP contribution < -0.4 is 11.5 Å². The lowest BCUT2D eigenvalue weighted by molar-refractivity contribution is -0.143. The van der Waals surface area contributed by atoms with Crippen LogP contribution in [0.1, 0.15) is 18.1 Å². The average molecular weight is 194 g/mol. The predicted molar refractivity (Wildman–Crippen MR) is 53.5 cm³/mol. The highest BCUT2D eigenvalue weighted by Gasteiger charge is 2.29. The van der Waals surface area contributed by atoms with Crippen molar-refractivity contribution in [2.45, 2.75) is 19.0 Å². The first-order valence-electron chi connectivity index (χ1n) is 4.30. The van der Waals surface area contributed by atoms with E-state index < -0.39 is 11.5 Å². The second-order valence-corrected chi connectivity index (χ2v) is 3.41. The summed E-state index contributed by atoms with van der Waals surface area (Å²) in [4.78, 5) is 10.8. The van der Waals surface area contributed by atoms with Crippen LogP contribution in [0.2, 0.25) is 0 Å². The number of carboxylic acids is 1. The Morgan fingerprint density at radius 2 is 1.93 bits per heavy atom. The Morgan fingerprint density at radius 1 is 1.43 bits per heavy atom. The minimum absolute atomic E-state index is 0.439. The summed E-state index contributed by atoms with van der Waals surface area (Å²) in [5.74, 6) is -1.04. The fraction of sp³-hybridized carbons (Fsp3) is 0.300. The molecule has 14 heavy (non-hydrogen) atoms. The summed E-state index contributed by atoms with van der Waals surface area (Å²) in [6.45, 7) is 1.90. The van der Waals surface area contributed by atoms with E-state index in [1.807, 2.05) is 0 Å². The van der Waals surface area contributed by atoms with Crippen molar-refractivity contribution in [3.63, 3.8) is 0 Å². The molecule has 1 aromatic carbocycles. The number of carboxylic acid groups (broad SMARTS) is 1. The first kappa shape index (κ1) is 10.7. The Balaban J connectivity index is 3.02. The van der Waals surface area contributed by atoms with E-state index in [4.69, 9.17) is 16.6 Å². The van der Waals surface area contributed by atoms with Gasteiger partial charge in [-0.25, -0.2) is 4.79 Å². The molecule has 0 amide bonds. The Hall–Kier alpha value is -1.39. The number of nitrogens with two attached hydrogens (primary N) is 2. The lowest BCUT2D eigenvalue weighted by atomic mass is 9.93. The van der Waals surface area contributed by atoms with Crippen LogP contribution in [0, 0.1) is 0 Å². The van der Waals surface area contributed by atoms with Crippen molar-refractivity contribution < 1.29 is 9.90 Å². The maximum Gasteiger partial charge on any atom is 0.328 e. The average Bonchev–Trinajstić information content (AvgIpc) is 2.17. The van der Waals surface area contributed by atoms with Crippen LogP contribution in [0.25, 0.3) is 0 Å². The van der Waals surface area contributed by atoms with E-state index in [1.54, 1.807) is 24.3 Å². The van der Waals surface area contributed by atoms with E-state index in [-0.39, 0.29) is 0 Å². The Kier molecular flexibility index (Phi) is 2.88. The molecule has 1 unspecified atom stereocenters. The summed E-state index contributed by atoms with van der Waals surface area (Å²) in [5, 5.41) is 8.87. The second-order valence-electron chi connectivity index (χ2n) is 3.41. The van der Waals surface area contributed by atoms with Gasteiger partial charge in [-0.1, -0.05) is 24.3 Å². The van der Waals surface area contributed by atoms with Gasteiger partial charge in [0.25, 0.3) is 0 Å². The van der Waals surface area contributed by atoms with Crippen molar-refractivity contribution in [2.75, 3.05) is 0 Å². The summed E-state index contributed by atoms with van der Waals surface area (Å²) in [7, 11) is 0. The molecule has 0 heterocycles. The number of hydrogen-bond donors (Lipinski definition) is 3. The number of hydrogen-bond acceptors (Lipinski definition) is 3. The van der Waals surface area contributed by atoms with Gasteiger partial charge >= 0.3 is 5.97 Å². The van der Waals surface area contributed by atoms with Gasteiger partial charge in [0.1, 0.15) is 5.54 Å². The zero-order valence-electron chi connectivity index (χ0n) is 8.03. The first-order valence-corrected chi connectivity index (χ1v) is 4.30. The molecule has 4 nitrogen and oxygen atoms in total. The number of aliphatic carboxylic acids is 1. The molecule has 0 radical (unpaired) electrons. The van der Waals surface area contributed by atoms with Gasteiger partial charge < -0.3 is 16.6 Å². The number of benzene rings is 1. The highest BCUT2D eigenvalue weighted by atomic mass is 16.4. The molecular weight excluding hydrogens is 180 g/mol. The Morgan fingerprint density at radius 3 is 2.29 bits per heavy atom. The van der Waals surface area contributed by atoms with Gasteiger partial charge in [0.05, 0.1) is 0 Å². The molecule has 0 saturated carbocycles. The van der Waals surface area contributed by atoms with Crippen molar-refractivity contribution >= 4 is 5.97 Å². The van der Waals surface area contributed by atoms with Crippen LogP contribution >= 0.6 is 0 Å². The molecule has 1 rings (SSSR count). The molecule has 1 aromatic rings. The molecule has 0 bridgehead atoms. The SMILES string of the molecule is CC(N)(C(=O)O)c1ccc(CN)cc1. The monoisotopic (exact) mass is 194 g/mol. The van der Waals surface area contributed by atoms with Crippen molar-refractivity contribution in [1.29, 1.82) is 0 Å². The smallest absolute Gasteiger partial charge is 0.328 e. The quantitative estimate of drug-likeness (QED) is 0.650. The van der Waals surface area contributed by atoms with E-state index in [9.17, 15) is 4.79 Å². The molecule has 1 atom stereocenters. The zero-order valence-corrected chi connectivity index (χ0v) is 8.03. The van der Waals surface area contributed by atoms with E-state index in [0.717, 1.165) is 5.56 Å². The van der Waals surface area contributed by atoms with Crippen LogP contribution in [0.4, 0.5) is 0 Å². The number of carbonyl (C=O) groups is 1. The molecule has 5 N–H and O–H groups in total. The molecule has 4 heteroatoms.